The molecule has 0 aliphatic rings. The summed E-state index contributed by atoms with van der Waals surface area (Å²) in [5, 5.41) is 3.64. The van der Waals surface area contributed by atoms with Crippen molar-refractivity contribution in [3.63, 3.8) is 0 Å². The van der Waals surface area contributed by atoms with Crippen molar-refractivity contribution in [3.8, 4) is 11.4 Å². The average Bonchev–Trinajstić information content (AvgIpc) is 2.79. The molecular formula is C11H9F3N2O. The van der Waals surface area contributed by atoms with Crippen LogP contribution >= 0.6 is 0 Å². The van der Waals surface area contributed by atoms with E-state index in [-0.39, 0.29) is 6.42 Å². The zero-order valence-corrected chi connectivity index (χ0v) is 8.74. The molecule has 2 rings (SSSR count). The largest absolute Gasteiger partial charge is 0.389 e. The van der Waals surface area contributed by atoms with Crippen molar-refractivity contribution in [3.05, 3.63) is 36.2 Å². The van der Waals surface area contributed by atoms with Crippen LogP contribution in [0.2, 0.25) is 0 Å². The van der Waals surface area contributed by atoms with Gasteiger partial charge in [-0.25, -0.2) is 0 Å². The second-order valence-electron chi connectivity index (χ2n) is 3.57. The lowest BCUT2D eigenvalue weighted by atomic mass is 10.1. The van der Waals surface area contributed by atoms with Gasteiger partial charge in [-0.05, 0) is 12.0 Å². The predicted octanol–water partition coefficient (Wildman–Crippen LogP) is 3.23. The van der Waals surface area contributed by atoms with E-state index in [1.165, 1.54) is 6.39 Å². The van der Waals surface area contributed by atoms with Crippen LogP contribution in [0.5, 0.6) is 0 Å². The number of aromatic nitrogens is 2. The SMILES string of the molecule is FC(F)(F)CCc1ccc(-c2ncon2)cc1. The monoisotopic (exact) mass is 242 g/mol. The minimum Gasteiger partial charge on any atom is -0.342 e. The van der Waals surface area contributed by atoms with Gasteiger partial charge >= 0.3 is 6.18 Å². The molecule has 0 atom stereocenters. The number of aryl methyl sites for hydroxylation is 1. The molecule has 1 heterocycles. The van der Waals surface area contributed by atoms with Gasteiger partial charge in [0.2, 0.25) is 12.2 Å². The van der Waals surface area contributed by atoms with Gasteiger partial charge in [-0.2, -0.15) is 18.2 Å². The summed E-state index contributed by atoms with van der Waals surface area (Å²) in [4.78, 5) is 3.84. The molecule has 0 amide bonds. The van der Waals surface area contributed by atoms with Crippen molar-refractivity contribution in [2.75, 3.05) is 0 Å². The van der Waals surface area contributed by atoms with Crippen LogP contribution in [0.15, 0.2) is 35.2 Å². The molecule has 0 spiro atoms. The van der Waals surface area contributed by atoms with Crippen LogP contribution in [0.1, 0.15) is 12.0 Å². The van der Waals surface area contributed by atoms with E-state index in [9.17, 15) is 13.2 Å². The molecule has 0 radical (unpaired) electrons. The van der Waals surface area contributed by atoms with E-state index in [2.05, 4.69) is 14.7 Å². The molecule has 0 N–H and O–H groups in total. The Balaban J connectivity index is 2.04. The molecule has 0 fully saturated rings. The molecule has 1 aromatic carbocycles. The fraction of sp³-hybridized carbons (Fsp3) is 0.273. The number of halogens is 3. The molecule has 1 aromatic heterocycles. The molecule has 3 nitrogen and oxygen atoms in total. The highest BCUT2D eigenvalue weighted by atomic mass is 19.4. The normalized spacial score (nSPS) is 11.7. The number of hydrogen-bond donors (Lipinski definition) is 0. The second kappa shape index (κ2) is 4.57. The Morgan fingerprint density at radius 3 is 2.35 bits per heavy atom. The van der Waals surface area contributed by atoms with E-state index < -0.39 is 12.6 Å². The maximum absolute atomic E-state index is 12.0. The Kier molecular flexibility index (Phi) is 3.12. The van der Waals surface area contributed by atoms with Gasteiger partial charge in [0.05, 0.1) is 0 Å². The van der Waals surface area contributed by atoms with Gasteiger partial charge in [-0.15, -0.1) is 0 Å². The standard InChI is InChI=1S/C11H9F3N2O/c12-11(13,14)6-5-8-1-3-9(4-2-8)10-15-7-17-16-10/h1-4,7H,5-6H2. The minimum absolute atomic E-state index is 0.0178. The average molecular weight is 242 g/mol. The summed E-state index contributed by atoms with van der Waals surface area (Å²) in [5.41, 5.74) is 1.35. The van der Waals surface area contributed by atoms with E-state index in [0.717, 1.165) is 5.56 Å². The highest BCUT2D eigenvalue weighted by Crippen LogP contribution is 2.23. The molecule has 0 saturated carbocycles. The number of benzene rings is 1. The fourth-order valence-electron chi connectivity index (χ4n) is 1.40. The number of alkyl halides is 3. The Bertz CT molecular complexity index is 462. The summed E-state index contributed by atoms with van der Waals surface area (Å²) in [6.45, 7) is 0. The molecule has 17 heavy (non-hydrogen) atoms. The first-order chi connectivity index (χ1) is 8.04. The van der Waals surface area contributed by atoms with Crippen LogP contribution in [0, 0.1) is 0 Å². The first-order valence-electron chi connectivity index (χ1n) is 4.97. The van der Waals surface area contributed by atoms with Crippen molar-refractivity contribution in [2.24, 2.45) is 0 Å². The third-order valence-corrected chi connectivity index (χ3v) is 2.27. The van der Waals surface area contributed by atoms with Gasteiger partial charge in [0.1, 0.15) is 0 Å². The van der Waals surface area contributed by atoms with Crippen molar-refractivity contribution in [2.45, 2.75) is 19.0 Å². The maximum Gasteiger partial charge on any atom is 0.389 e. The zero-order valence-electron chi connectivity index (χ0n) is 8.74. The Morgan fingerprint density at radius 1 is 1.12 bits per heavy atom. The number of nitrogens with zero attached hydrogens (tertiary/aromatic N) is 2. The van der Waals surface area contributed by atoms with Crippen LogP contribution < -0.4 is 0 Å². The third-order valence-electron chi connectivity index (χ3n) is 2.27. The Hall–Kier alpha value is -1.85. The smallest absolute Gasteiger partial charge is 0.342 e. The predicted molar refractivity (Wildman–Crippen MR) is 54.1 cm³/mol. The summed E-state index contributed by atoms with van der Waals surface area (Å²) in [5.74, 6) is 0.423. The second-order valence-corrected chi connectivity index (χ2v) is 3.57. The lowest BCUT2D eigenvalue weighted by Gasteiger charge is -2.06. The van der Waals surface area contributed by atoms with Gasteiger partial charge in [-0.1, -0.05) is 29.4 Å². The van der Waals surface area contributed by atoms with Gasteiger partial charge in [-0.3, -0.25) is 0 Å². The number of rotatable bonds is 3. The van der Waals surface area contributed by atoms with Crippen molar-refractivity contribution < 1.29 is 17.7 Å². The molecule has 2 aromatic rings. The lowest BCUT2D eigenvalue weighted by molar-refractivity contribution is -0.133. The highest BCUT2D eigenvalue weighted by Gasteiger charge is 2.26. The Labute approximate surface area is 95.3 Å². The molecule has 0 unspecified atom stereocenters. The summed E-state index contributed by atoms with van der Waals surface area (Å²) >= 11 is 0. The molecule has 6 heteroatoms. The topological polar surface area (TPSA) is 38.9 Å². The summed E-state index contributed by atoms with van der Waals surface area (Å²) in [6.07, 6.45) is -3.75. The van der Waals surface area contributed by atoms with Crippen molar-refractivity contribution in [1.29, 1.82) is 0 Å². The maximum atomic E-state index is 12.0. The zero-order chi connectivity index (χ0) is 12.3. The fourth-order valence-corrected chi connectivity index (χ4v) is 1.40. The first-order valence-corrected chi connectivity index (χ1v) is 4.97. The summed E-state index contributed by atoms with van der Waals surface area (Å²) < 4.78 is 40.6. The van der Waals surface area contributed by atoms with E-state index in [1.54, 1.807) is 24.3 Å². The molecular weight excluding hydrogens is 233 g/mol. The quantitative estimate of drug-likeness (QED) is 0.829. The van der Waals surface area contributed by atoms with Crippen LogP contribution in [-0.4, -0.2) is 16.3 Å². The van der Waals surface area contributed by atoms with Gasteiger partial charge in [0.25, 0.3) is 0 Å². The van der Waals surface area contributed by atoms with E-state index in [4.69, 9.17) is 0 Å². The molecule has 0 aliphatic heterocycles. The van der Waals surface area contributed by atoms with Gasteiger partial charge in [0, 0.05) is 12.0 Å². The molecule has 0 bridgehead atoms. The number of hydrogen-bond acceptors (Lipinski definition) is 3. The molecule has 90 valence electrons. The van der Waals surface area contributed by atoms with E-state index in [0.29, 0.717) is 11.4 Å². The van der Waals surface area contributed by atoms with Gasteiger partial charge in [0.15, 0.2) is 0 Å². The van der Waals surface area contributed by atoms with Crippen LogP contribution in [0.4, 0.5) is 13.2 Å². The minimum atomic E-state index is -4.12. The molecule has 0 saturated heterocycles. The first kappa shape index (κ1) is 11.6. The van der Waals surface area contributed by atoms with Gasteiger partial charge < -0.3 is 4.52 Å². The lowest BCUT2D eigenvalue weighted by Crippen LogP contribution is -2.08. The van der Waals surface area contributed by atoms with Crippen molar-refractivity contribution >= 4 is 0 Å². The van der Waals surface area contributed by atoms with E-state index >= 15 is 0 Å². The van der Waals surface area contributed by atoms with Crippen LogP contribution in [0.25, 0.3) is 11.4 Å². The third kappa shape index (κ3) is 3.30. The summed E-state index contributed by atoms with van der Waals surface area (Å²) in [7, 11) is 0. The Morgan fingerprint density at radius 2 is 1.82 bits per heavy atom. The highest BCUT2D eigenvalue weighted by molar-refractivity contribution is 5.54. The van der Waals surface area contributed by atoms with E-state index in [1.807, 2.05) is 0 Å². The van der Waals surface area contributed by atoms with Crippen LogP contribution in [-0.2, 0) is 6.42 Å². The summed E-state index contributed by atoms with van der Waals surface area (Å²) in [6, 6.07) is 6.63. The van der Waals surface area contributed by atoms with Crippen molar-refractivity contribution in [1.82, 2.24) is 10.1 Å². The van der Waals surface area contributed by atoms with Crippen LogP contribution in [0.3, 0.4) is 0 Å². The molecule has 0 aliphatic carbocycles.